The molecule has 0 aromatic heterocycles. The van der Waals surface area contributed by atoms with Crippen LogP contribution >= 0.6 is 0 Å². The minimum Gasteiger partial charge on any atom is -0.616 e. The molecule has 0 bridgehead atoms. The van der Waals surface area contributed by atoms with Crippen LogP contribution in [0.25, 0.3) is 0 Å². The number of hydrogen-bond acceptors (Lipinski definition) is 2. The summed E-state index contributed by atoms with van der Waals surface area (Å²) in [7, 11) is 1.37. The average molecular weight is 123 g/mol. The van der Waals surface area contributed by atoms with Gasteiger partial charge in [0.2, 0.25) is 0 Å². The van der Waals surface area contributed by atoms with E-state index in [1.807, 2.05) is 0 Å². The topological polar surface area (TPSA) is 32.3 Å². The Labute approximate surface area is 53.8 Å². The predicted octanol–water partition coefficient (Wildman–Crippen LogP) is 0.331. The van der Waals surface area contributed by atoms with E-state index in [1.165, 1.54) is 7.11 Å². The molecule has 0 heterocycles. The van der Waals surface area contributed by atoms with E-state index >= 15 is 0 Å². The Bertz CT molecular complexity index is 173. The van der Waals surface area contributed by atoms with Crippen LogP contribution in [0.1, 0.15) is 0 Å². The molecule has 0 aromatic carbocycles. The lowest BCUT2D eigenvalue weighted by atomic mass is 10.3. The molecule has 9 heavy (non-hydrogen) atoms. The molecule has 2 nitrogen and oxygen atoms in total. The predicted molar refractivity (Wildman–Crippen MR) is 32.3 cm³/mol. The van der Waals surface area contributed by atoms with Crippen molar-refractivity contribution in [3.05, 3.63) is 35.8 Å². The zero-order valence-electron chi connectivity index (χ0n) is 5.13. The number of allylic oxidation sites excluding steroid dienone is 5. The molecule has 0 saturated heterocycles. The van der Waals surface area contributed by atoms with Crippen LogP contribution in [-0.4, -0.2) is 7.11 Å². The second-order valence-corrected chi connectivity index (χ2v) is 1.67. The van der Waals surface area contributed by atoms with Crippen LogP contribution in [0.15, 0.2) is 35.8 Å². The van der Waals surface area contributed by atoms with Crippen molar-refractivity contribution in [1.29, 1.82) is 0 Å². The van der Waals surface area contributed by atoms with E-state index in [0.29, 0.717) is 5.57 Å². The molecule has 0 N–H and O–H groups in total. The summed E-state index contributed by atoms with van der Waals surface area (Å²) < 4.78 is 4.46. The lowest BCUT2D eigenvalue weighted by molar-refractivity contribution is -0.354. The molecule has 0 aromatic rings. The van der Waals surface area contributed by atoms with Crippen molar-refractivity contribution in [3.8, 4) is 0 Å². The first kappa shape index (κ1) is 5.95. The summed E-state index contributed by atoms with van der Waals surface area (Å²) in [5, 5.41) is 10.7. The van der Waals surface area contributed by atoms with Gasteiger partial charge in [-0.15, -0.1) is 0 Å². The molecule has 0 unspecified atom stereocenters. The molecule has 0 atom stereocenters. The summed E-state index contributed by atoms with van der Waals surface area (Å²) in [6.07, 6.45) is 7.02. The standard InChI is InChI=1S/C7H8O2/c1-9-7(8)6-4-2-3-5-6/h2-5,8H,1H3/p-1. The van der Waals surface area contributed by atoms with Crippen LogP contribution in [0.4, 0.5) is 0 Å². The Morgan fingerprint density at radius 3 is 2.44 bits per heavy atom. The Morgan fingerprint density at radius 1 is 1.44 bits per heavy atom. The van der Waals surface area contributed by atoms with Crippen LogP contribution in [0.2, 0.25) is 0 Å². The summed E-state index contributed by atoms with van der Waals surface area (Å²) in [5.74, 6) is -0.278. The number of hydrogen-bond donors (Lipinski definition) is 0. The molecular weight excluding hydrogens is 116 g/mol. The van der Waals surface area contributed by atoms with Gasteiger partial charge in [0.25, 0.3) is 0 Å². The van der Waals surface area contributed by atoms with Crippen molar-refractivity contribution in [2.24, 2.45) is 0 Å². The van der Waals surface area contributed by atoms with E-state index in [2.05, 4.69) is 4.74 Å². The zero-order valence-corrected chi connectivity index (χ0v) is 5.13. The summed E-state index contributed by atoms with van der Waals surface area (Å²) in [6.45, 7) is 0. The molecule has 0 amide bonds. The van der Waals surface area contributed by atoms with Crippen LogP contribution < -0.4 is 5.11 Å². The molecule has 2 heteroatoms. The Kier molecular flexibility index (Phi) is 1.58. The smallest absolute Gasteiger partial charge is 0.0584 e. The fourth-order valence-electron chi connectivity index (χ4n) is 0.628. The van der Waals surface area contributed by atoms with Gasteiger partial charge in [0.15, 0.2) is 0 Å². The second kappa shape index (κ2) is 2.40. The third-order valence-corrected chi connectivity index (χ3v) is 1.08. The highest BCUT2D eigenvalue weighted by atomic mass is 16.6. The van der Waals surface area contributed by atoms with Gasteiger partial charge in [-0.1, -0.05) is 24.3 Å². The normalized spacial score (nSPS) is 14.6. The SMILES string of the molecule is COC([O-])=C1C=CC=C1. The zero-order chi connectivity index (χ0) is 6.69. The summed E-state index contributed by atoms with van der Waals surface area (Å²) in [5.41, 5.74) is 0.609. The molecule has 1 aliphatic rings. The maximum atomic E-state index is 10.7. The van der Waals surface area contributed by atoms with Gasteiger partial charge in [0, 0.05) is 0 Å². The summed E-state index contributed by atoms with van der Waals surface area (Å²) >= 11 is 0. The number of methoxy groups -OCH3 is 1. The molecule has 0 radical (unpaired) electrons. The van der Waals surface area contributed by atoms with Gasteiger partial charge in [0.1, 0.15) is 0 Å². The van der Waals surface area contributed by atoms with Crippen LogP contribution in [-0.2, 0) is 4.74 Å². The van der Waals surface area contributed by atoms with Crippen molar-refractivity contribution >= 4 is 0 Å². The maximum absolute atomic E-state index is 10.7. The quantitative estimate of drug-likeness (QED) is 0.471. The molecule has 1 aliphatic carbocycles. The van der Waals surface area contributed by atoms with Gasteiger partial charge in [-0.25, -0.2) is 0 Å². The molecule has 0 fully saturated rings. The molecular formula is C7H7O2-. The van der Waals surface area contributed by atoms with Crippen molar-refractivity contribution in [2.45, 2.75) is 0 Å². The van der Waals surface area contributed by atoms with Crippen molar-refractivity contribution in [1.82, 2.24) is 0 Å². The summed E-state index contributed by atoms with van der Waals surface area (Å²) in [4.78, 5) is 0. The van der Waals surface area contributed by atoms with Gasteiger partial charge in [-0.2, -0.15) is 0 Å². The van der Waals surface area contributed by atoms with Crippen LogP contribution in [0, 0.1) is 0 Å². The van der Waals surface area contributed by atoms with E-state index in [0.717, 1.165) is 0 Å². The second-order valence-electron chi connectivity index (χ2n) is 1.67. The Balaban J connectivity index is 2.81. The highest BCUT2D eigenvalue weighted by Crippen LogP contribution is 2.09. The van der Waals surface area contributed by atoms with Crippen LogP contribution in [0.5, 0.6) is 0 Å². The molecule has 0 aliphatic heterocycles. The van der Waals surface area contributed by atoms with E-state index < -0.39 is 0 Å². The third-order valence-electron chi connectivity index (χ3n) is 1.08. The van der Waals surface area contributed by atoms with E-state index in [-0.39, 0.29) is 5.95 Å². The molecule has 0 saturated carbocycles. The van der Waals surface area contributed by atoms with Gasteiger partial charge in [0.05, 0.1) is 5.95 Å². The Hall–Kier alpha value is -1.18. The average Bonchev–Trinajstić information content (AvgIpc) is 2.37. The van der Waals surface area contributed by atoms with Gasteiger partial charge in [-0.3, -0.25) is 0 Å². The molecule has 48 valence electrons. The first-order valence-electron chi connectivity index (χ1n) is 2.64. The Morgan fingerprint density at radius 2 is 2.00 bits per heavy atom. The first-order chi connectivity index (χ1) is 4.34. The van der Waals surface area contributed by atoms with Gasteiger partial charge < -0.3 is 9.84 Å². The van der Waals surface area contributed by atoms with E-state index in [1.54, 1.807) is 24.3 Å². The van der Waals surface area contributed by atoms with E-state index in [4.69, 9.17) is 0 Å². The fraction of sp³-hybridized carbons (Fsp3) is 0.143. The monoisotopic (exact) mass is 123 g/mol. The number of rotatable bonds is 1. The first-order valence-corrected chi connectivity index (χ1v) is 2.64. The number of ether oxygens (including phenoxy) is 1. The van der Waals surface area contributed by atoms with Crippen molar-refractivity contribution < 1.29 is 9.84 Å². The maximum Gasteiger partial charge on any atom is 0.0584 e. The largest absolute Gasteiger partial charge is 0.616 e. The van der Waals surface area contributed by atoms with Crippen molar-refractivity contribution in [2.75, 3.05) is 7.11 Å². The highest BCUT2D eigenvalue weighted by Gasteiger charge is 1.91. The minimum atomic E-state index is -0.278. The molecule has 1 rings (SSSR count). The van der Waals surface area contributed by atoms with Crippen molar-refractivity contribution in [3.63, 3.8) is 0 Å². The van der Waals surface area contributed by atoms with Crippen LogP contribution in [0.3, 0.4) is 0 Å². The highest BCUT2D eigenvalue weighted by molar-refractivity contribution is 5.39. The fourth-order valence-corrected chi connectivity index (χ4v) is 0.628. The molecule has 0 spiro atoms. The van der Waals surface area contributed by atoms with E-state index in [9.17, 15) is 5.11 Å². The lowest BCUT2D eigenvalue weighted by Gasteiger charge is -2.09. The lowest BCUT2D eigenvalue weighted by Crippen LogP contribution is -2.07. The summed E-state index contributed by atoms with van der Waals surface area (Å²) in [6, 6.07) is 0. The minimum absolute atomic E-state index is 0.278. The van der Waals surface area contributed by atoms with Gasteiger partial charge in [-0.05, 0) is 12.7 Å². The third kappa shape index (κ3) is 1.13. The van der Waals surface area contributed by atoms with Gasteiger partial charge >= 0.3 is 0 Å².